The summed E-state index contributed by atoms with van der Waals surface area (Å²) in [6.07, 6.45) is 1.58. The van der Waals surface area contributed by atoms with Gasteiger partial charge < -0.3 is 9.84 Å². The zero-order valence-corrected chi connectivity index (χ0v) is 13.0. The van der Waals surface area contributed by atoms with Crippen LogP contribution < -0.4 is 5.32 Å². The fourth-order valence-electron chi connectivity index (χ4n) is 1.73. The molecule has 1 N–H and O–H groups in total. The number of hydrogen-bond acceptors (Lipinski definition) is 7. The largest absolute Gasteiger partial charge is 0.361 e. The smallest absolute Gasteiger partial charge is 0.230 e. The van der Waals surface area contributed by atoms with Gasteiger partial charge >= 0.3 is 0 Å². The fourth-order valence-corrected chi connectivity index (χ4v) is 3.05. The van der Waals surface area contributed by atoms with Crippen LogP contribution in [0, 0.1) is 0 Å². The molecular formula is C12H16N4O2S2. The minimum atomic E-state index is -0.0319. The molecule has 0 unspecified atom stereocenters. The van der Waals surface area contributed by atoms with E-state index in [0.29, 0.717) is 12.3 Å². The molecule has 0 aliphatic rings. The summed E-state index contributed by atoms with van der Waals surface area (Å²) < 4.78 is 6.06. The van der Waals surface area contributed by atoms with E-state index < -0.39 is 0 Å². The van der Waals surface area contributed by atoms with Crippen molar-refractivity contribution < 1.29 is 9.32 Å². The molecule has 0 aliphatic heterocycles. The predicted molar refractivity (Wildman–Crippen MR) is 77.7 cm³/mol. The third-order valence-corrected chi connectivity index (χ3v) is 4.60. The second-order valence-electron chi connectivity index (χ2n) is 4.01. The Kier molecular flexibility index (Phi) is 5.54. The molecule has 2 heterocycles. The van der Waals surface area contributed by atoms with Crippen LogP contribution in [0.3, 0.4) is 0 Å². The minimum absolute atomic E-state index is 0.0319. The molecule has 0 bridgehead atoms. The van der Waals surface area contributed by atoms with Crippen molar-refractivity contribution in [2.24, 2.45) is 0 Å². The van der Waals surface area contributed by atoms with E-state index in [1.165, 1.54) is 23.1 Å². The molecule has 0 fully saturated rings. The van der Waals surface area contributed by atoms with Gasteiger partial charge in [0, 0.05) is 18.5 Å². The molecule has 0 saturated carbocycles. The summed E-state index contributed by atoms with van der Waals surface area (Å²) in [6.45, 7) is 4.50. The van der Waals surface area contributed by atoms with Crippen LogP contribution in [0.1, 0.15) is 30.9 Å². The number of thioether (sulfide) groups is 1. The Hall–Kier alpha value is -1.41. The number of aromatic nitrogens is 3. The highest BCUT2D eigenvalue weighted by Gasteiger charge is 2.14. The van der Waals surface area contributed by atoms with Crippen molar-refractivity contribution in [3.63, 3.8) is 0 Å². The van der Waals surface area contributed by atoms with E-state index in [1.807, 2.05) is 13.8 Å². The van der Waals surface area contributed by atoms with E-state index in [-0.39, 0.29) is 5.91 Å². The van der Waals surface area contributed by atoms with Gasteiger partial charge in [0.2, 0.25) is 5.91 Å². The molecule has 2 rings (SSSR count). The van der Waals surface area contributed by atoms with Gasteiger partial charge in [-0.3, -0.25) is 4.79 Å². The maximum absolute atomic E-state index is 11.8. The summed E-state index contributed by atoms with van der Waals surface area (Å²) in [6, 6.07) is 0. The summed E-state index contributed by atoms with van der Waals surface area (Å²) in [4.78, 5) is 11.8. The normalized spacial score (nSPS) is 10.7. The summed E-state index contributed by atoms with van der Waals surface area (Å²) in [5.74, 6) is 1.15. The first kappa shape index (κ1) is 15.0. The zero-order valence-electron chi connectivity index (χ0n) is 11.4. The Morgan fingerprint density at radius 1 is 1.45 bits per heavy atom. The summed E-state index contributed by atoms with van der Waals surface area (Å²) >= 11 is 2.81. The van der Waals surface area contributed by atoms with Gasteiger partial charge in [0.1, 0.15) is 11.3 Å². The van der Waals surface area contributed by atoms with Crippen LogP contribution in [0.25, 0.3) is 0 Å². The molecule has 1 amide bonds. The van der Waals surface area contributed by atoms with E-state index >= 15 is 0 Å². The van der Waals surface area contributed by atoms with E-state index in [9.17, 15) is 4.79 Å². The van der Waals surface area contributed by atoms with E-state index in [0.717, 1.165) is 34.2 Å². The van der Waals surface area contributed by atoms with Gasteiger partial charge in [-0.05, 0) is 6.42 Å². The summed E-state index contributed by atoms with van der Waals surface area (Å²) in [7, 11) is 0. The monoisotopic (exact) mass is 312 g/mol. The average Bonchev–Trinajstić information content (AvgIpc) is 3.11. The predicted octanol–water partition coefficient (Wildman–Crippen LogP) is 2.06. The van der Waals surface area contributed by atoms with Crippen molar-refractivity contribution in [2.75, 3.05) is 5.75 Å². The van der Waals surface area contributed by atoms with Crippen molar-refractivity contribution in [3.8, 4) is 0 Å². The number of aryl methyl sites for hydroxylation is 2. The van der Waals surface area contributed by atoms with Gasteiger partial charge in [0.05, 0.1) is 11.4 Å². The number of nitrogens with zero attached hydrogens (tertiary/aromatic N) is 3. The van der Waals surface area contributed by atoms with Crippen molar-refractivity contribution in [1.82, 2.24) is 20.7 Å². The Morgan fingerprint density at radius 3 is 2.95 bits per heavy atom. The van der Waals surface area contributed by atoms with Crippen LogP contribution >= 0.6 is 23.1 Å². The highest BCUT2D eigenvalue weighted by molar-refractivity contribution is 8.01. The van der Waals surface area contributed by atoms with Crippen LogP contribution in [0.2, 0.25) is 0 Å². The maximum Gasteiger partial charge on any atom is 0.230 e. The quantitative estimate of drug-likeness (QED) is 0.788. The van der Waals surface area contributed by atoms with Crippen molar-refractivity contribution in [3.05, 3.63) is 22.5 Å². The number of carbonyl (C=O) groups excluding carboxylic acids is 1. The van der Waals surface area contributed by atoms with Crippen molar-refractivity contribution >= 4 is 29.0 Å². The van der Waals surface area contributed by atoms with Gasteiger partial charge in [-0.15, -0.1) is 10.2 Å². The highest BCUT2D eigenvalue weighted by Crippen LogP contribution is 2.19. The van der Waals surface area contributed by atoms with Gasteiger partial charge in [-0.2, -0.15) is 0 Å². The Balaban J connectivity index is 1.85. The Morgan fingerprint density at radius 2 is 2.30 bits per heavy atom. The van der Waals surface area contributed by atoms with Crippen LogP contribution in [0.5, 0.6) is 0 Å². The molecule has 0 spiro atoms. The second-order valence-corrected chi connectivity index (χ2v) is 6.06. The summed E-state index contributed by atoms with van der Waals surface area (Å²) in [5.41, 5.74) is 3.57. The lowest BCUT2D eigenvalue weighted by Gasteiger charge is -2.05. The zero-order chi connectivity index (χ0) is 14.4. The summed E-state index contributed by atoms with van der Waals surface area (Å²) in [5, 5.41) is 14.5. The molecule has 108 valence electrons. The molecule has 8 heteroatoms. The second kappa shape index (κ2) is 7.39. The van der Waals surface area contributed by atoms with Crippen LogP contribution in [-0.2, 0) is 24.2 Å². The average molecular weight is 312 g/mol. The number of amides is 1. The van der Waals surface area contributed by atoms with Crippen molar-refractivity contribution in [2.45, 2.75) is 37.6 Å². The first-order valence-corrected chi connectivity index (χ1v) is 8.23. The lowest BCUT2D eigenvalue weighted by Crippen LogP contribution is -2.25. The Labute approximate surface area is 125 Å². The fraction of sp³-hybridized carbons (Fsp3) is 0.500. The first-order valence-electron chi connectivity index (χ1n) is 6.36. The standard InChI is InChI=1S/C12H16N4O2S2/c1-3-9-8(10(4-2)18-16-9)5-13-11(17)6-19-12-15-14-7-20-12/h7H,3-6H2,1-2H3,(H,13,17). The van der Waals surface area contributed by atoms with Gasteiger partial charge in [-0.1, -0.05) is 42.1 Å². The third kappa shape index (κ3) is 3.80. The molecule has 20 heavy (non-hydrogen) atoms. The molecule has 2 aromatic heterocycles. The number of nitrogens with one attached hydrogen (secondary N) is 1. The van der Waals surface area contributed by atoms with E-state index in [1.54, 1.807) is 5.51 Å². The first-order chi connectivity index (χ1) is 9.74. The molecular weight excluding hydrogens is 296 g/mol. The van der Waals surface area contributed by atoms with E-state index in [2.05, 4.69) is 20.7 Å². The molecule has 0 radical (unpaired) electrons. The molecule has 0 aliphatic carbocycles. The molecule has 0 aromatic carbocycles. The molecule has 2 aromatic rings. The molecule has 0 atom stereocenters. The maximum atomic E-state index is 11.8. The molecule has 6 nitrogen and oxygen atoms in total. The number of hydrogen-bond donors (Lipinski definition) is 1. The third-order valence-electron chi connectivity index (χ3n) is 2.74. The van der Waals surface area contributed by atoms with Gasteiger partial charge in [0.15, 0.2) is 4.34 Å². The molecule has 0 saturated heterocycles. The van der Waals surface area contributed by atoms with Crippen LogP contribution in [0.15, 0.2) is 14.4 Å². The number of rotatable bonds is 7. The van der Waals surface area contributed by atoms with Gasteiger partial charge in [0.25, 0.3) is 0 Å². The number of carbonyl (C=O) groups is 1. The van der Waals surface area contributed by atoms with Gasteiger partial charge in [-0.25, -0.2) is 0 Å². The van der Waals surface area contributed by atoms with Crippen molar-refractivity contribution in [1.29, 1.82) is 0 Å². The Bertz CT molecular complexity index is 532. The van der Waals surface area contributed by atoms with Crippen LogP contribution in [0.4, 0.5) is 0 Å². The van der Waals surface area contributed by atoms with Crippen LogP contribution in [-0.4, -0.2) is 27.0 Å². The topological polar surface area (TPSA) is 80.9 Å². The van der Waals surface area contributed by atoms with E-state index in [4.69, 9.17) is 4.52 Å². The minimum Gasteiger partial charge on any atom is -0.361 e. The SMILES string of the molecule is CCc1noc(CC)c1CNC(=O)CSc1nncs1. The highest BCUT2D eigenvalue weighted by atomic mass is 32.2. The lowest BCUT2D eigenvalue weighted by molar-refractivity contribution is -0.118. The lowest BCUT2D eigenvalue weighted by atomic mass is 10.1.